The maximum atomic E-state index is 12.0. The molecular formula is C13H14Cl2O2. The number of carbonyl (C=O) groups excluding carboxylic acids is 1. The second kappa shape index (κ2) is 5.85. The minimum atomic E-state index is 0.0236. The average Bonchev–Trinajstić information content (AvgIpc) is 2.34. The first kappa shape index (κ1) is 12.9. The second-order valence-electron chi connectivity index (χ2n) is 4.29. The van der Waals surface area contributed by atoms with Crippen LogP contribution in [0.1, 0.15) is 18.4 Å². The number of halogens is 2. The molecule has 0 aromatic heterocycles. The molecule has 1 aliphatic heterocycles. The van der Waals surface area contributed by atoms with Gasteiger partial charge in [0.25, 0.3) is 0 Å². The fraction of sp³-hybridized carbons (Fsp3) is 0.462. The molecule has 0 bridgehead atoms. The highest BCUT2D eigenvalue weighted by molar-refractivity contribution is 6.35. The predicted octanol–water partition coefficient (Wildman–Crippen LogP) is 3.53. The molecule has 0 radical (unpaired) electrons. The topological polar surface area (TPSA) is 26.3 Å². The summed E-state index contributed by atoms with van der Waals surface area (Å²) in [5, 5.41) is 1.15. The van der Waals surface area contributed by atoms with Crippen LogP contribution in [0.3, 0.4) is 0 Å². The molecular weight excluding hydrogens is 259 g/mol. The van der Waals surface area contributed by atoms with Gasteiger partial charge in [-0.3, -0.25) is 4.79 Å². The molecule has 1 aromatic carbocycles. The van der Waals surface area contributed by atoms with Crippen LogP contribution in [0.25, 0.3) is 0 Å². The Labute approximate surface area is 111 Å². The first-order chi connectivity index (χ1) is 8.16. The number of ether oxygens (including phenoxy) is 1. The van der Waals surface area contributed by atoms with Gasteiger partial charge in [-0.1, -0.05) is 29.3 Å². The zero-order valence-electron chi connectivity index (χ0n) is 9.42. The maximum absolute atomic E-state index is 12.0. The summed E-state index contributed by atoms with van der Waals surface area (Å²) in [5.74, 6) is 0.226. The van der Waals surface area contributed by atoms with E-state index in [2.05, 4.69) is 0 Å². The number of rotatable bonds is 3. The molecule has 0 amide bonds. The molecule has 1 aromatic rings. The molecule has 0 N–H and O–H groups in total. The van der Waals surface area contributed by atoms with Crippen LogP contribution in [0.5, 0.6) is 0 Å². The van der Waals surface area contributed by atoms with Crippen LogP contribution in [-0.4, -0.2) is 19.0 Å². The van der Waals surface area contributed by atoms with E-state index in [1.165, 1.54) is 0 Å². The molecule has 0 saturated carbocycles. The van der Waals surface area contributed by atoms with Gasteiger partial charge in [0.15, 0.2) is 0 Å². The minimum absolute atomic E-state index is 0.0236. The van der Waals surface area contributed by atoms with Crippen LogP contribution in [0, 0.1) is 5.92 Å². The van der Waals surface area contributed by atoms with E-state index in [-0.39, 0.29) is 11.7 Å². The smallest absolute Gasteiger partial charge is 0.142 e. The van der Waals surface area contributed by atoms with Gasteiger partial charge in [0.05, 0.1) is 6.61 Å². The highest BCUT2D eigenvalue weighted by atomic mass is 35.5. The predicted molar refractivity (Wildman–Crippen MR) is 68.7 cm³/mol. The lowest BCUT2D eigenvalue weighted by molar-refractivity contribution is -0.126. The lowest BCUT2D eigenvalue weighted by Crippen LogP contribution is -2.26. The van der Waals surface area contributed by atoms with Crippen LogP contribution in [0.4, 0.5) is 0 Å². The average molecular weight is 273 g/mol. The summed E-state index contributed by atoms with van der Waals surface area (Å²) in [6.45, 7) is 1.32. The van der Waals surface area contributed by atoms with Crippen molar-refractivity contribution in [3.05, 3.63) is 33.8 Å². The summed E-state index contributed by atoms with van der Waals surface area (Å²) < 4.78 is 5.32. The Morgan fingerprint density at radius 3 is 2.88 bits per heavy atom. The molecule has 4 heteroatoms. The van der Waals surface area contributed by atoms with Crippen LogP contribution in [0.2, 0.25) is 10.0 Å². The van der Waals surface area contributed by atoms with Gasteiger partial charge < -0.3 is 4.74 Å². The Morgan fingerprint density at radius 2 is 2.24 bits per heavy atom. The third-order valence-corrected chi connectivity index (χ3v) is 3.58. The fourth-order valence-corrected chi connectivity index (χ4v) is 2.47. The third kappa shape index (κ3) is 3.44. The summed E-state index contributed by atoms with van der Waals surface area (Å²) in [6.07, 6.45) is 2.25. The Kier molecular flexibility index (Phi) is 4.43. The lowest BCUT2D eigenvalue weighted by Gasteiger charge is -2.21. The van der Waals surface area contributed by atoms with Crippen molar-refractivity contribution in [1.29, 1.82) is 0 Å². The molecule has 1 fully saturated rings. The van der Waals surface area contributed by atoms with Crippen molar-refractivity contribution in [2.75, 3.05) is 13.2 Å². The van der Waals surface area contributed by atoms with Gasteiger partial charge in [0.1, 0.15) is 5.78 Å². The number of hydrogen-bond acceptors (Lipinski definition) is 2. The van der Waals surface area contributed by atoms with Crippen LogP contribution in [-0.2, 0) is 16.0 Å². The molecule has 17 heavy (non-hydrogen) atoms. The maximum Gasteiger partial charge on any atom is 0.142 e. The van der Waals surface area contributed by atoms with Gasteiger partial charge in [0, 0.05) is 29.0 Å². The molecule has 1 unspecified atom stereocenters. The number of benzene rings is 1. The van der Waals surface area contributed by atoms with Gasteiger partial charge in [-0.05, 0) is 30.5 Å². The Bertz CT molecular complexity index is 412. The van der Waals surface area contributed by atoms with E-state index in [4.69, 9.17) is 27.9 Å². The highest BCUT2D eigenvalue weighted by Gasteiger charge is 2.22. The quantitative estimate of drug-likeness (QED) is 0.842. The standard InChI is InChI=1S/C13H14Cl2O2/c14-11-4-3-9(12(15)7-11)6-13(16)10-2-1-5-17-8-10/h3-4,7,10H,1-2,5-6,8H2. The molecule has 1 heterocycles. The van der Waals surface area contributed by atoms with E-state index in [1.807, 2.05) is 6.07 Å². The van der Waals surface area contributed by atoms with E-state index in [0.717, 1.165) is 25.0 Å². The second-order valence-corrected chi connectivity index (χ2v) is 5.14. The third-order valence-electron chi connectivity index (χ3n) is 3.00. The summed E-state index contributed by atoms with van der Waals surface area (Å²) in [4.78, 5) is 12.0. The Morgan fingerprint density at radius 1 is 1.41 bits per heavy atom. The largest absolute Gasteiger partial charge is 0.381 e. The Hall–Kier alpha value is -0.570. The number of hydrogen-bond donors (Lipinski definition) is 0. The van der Waals surface area contributed by atoms with Crippen molar-refractivity contribution in [1.82, 2.24) is 0 Å². The highest BCUT2D eigenvalue weighted by Crippen LogP contribution is 2.23. The lowest BCUT2D eigenvalue weighted by atomic mass is 9.93. The van der Waals surface area contributed by atoms with Gasteiger partial charge in [0.2, 0.25) is 0 Å². The normalized spacial score (nSPS) is 20.2. The van der Waals surface area contributed by atoms with E-state index in [1.54, 1.807) is 12.1 Å². The molecule has 1 saturated heterocycles. The monoisotopic (exact) mass is 272 g/mol. The number of carbonyl (C=O) groups is 1. The van der Waals surface area contributed by atoms with Gasteiger partial charge in [-0.25, -0.2) is 0 Å². The zero-order valence-corrected chi connectivity index (χ0v) is 10.9. The van der Waals surface area contributed by atoms with Gasteiger partial charge >= 0.3 is 0 Å². The van der Waals surface area contributed by atoms with Crippen molar-refractivity contribution in [2.45, 2.75) is 19.3 Å². The van der Waals surface area contributed by atoms with E-state index in [9.17, 15) is 4.79 Å². The number of ketones is 1. The SMILES string of the molecule is O=C(Cc1ccc(Cl)cc1Cl)C1CCCOC1. The molecule has 1 aliphatic rings. The number of Topliss-reactive ketones (excluding diaryl/α,β-unsaturated/α-hetero) is 1. The van der Waals surface area contributed by atoms with Crippen LogP contribution in [0.15, 0.2) is 18.2 Å². The molecule has 0 spiro atoms. The van der Waals surface area contributed by atoms with Crippen molar-refractivity contribution < 1.29 is 9.53 Å². The fourth-order valence-electron chi connectivity index (χ4n) is 1.99. The molecule has 92 valence electrons. The first-order valence-corrected chi connectivity index (χ1v) is 6.47. The van der Waals surface area contributed by atoms with Gasteiger partial charge in [-0.2, -0.15) is 0 Å². The van der Waals surface area contributed by atoms with E-state index in [0.29, 0.717) is 23.1 Å². The van der Waals surface area contributed by atoms with Crippen molar-refractivity contribution in [3.63, 3.8) is 0 Å². The molecule has 2 nitrogen and oxygen atoms in total. The van der Waals surface area contributed by atoms with Crippen LogP contribution >= 0.6 is 23.2 Å². The van der Waals surface area contributed by atoms with Crippen LogP contribution < -0.4 is 0 Å². The van der Waals surface area contributed by atoms with Crippen molar-refractivity contribution >= 4 is 29.0 Å². The van der Waals surface area contributed by atoms with Crippen molar-refractivity contribution in [2.24, 2.45) is 5.92 Å². The summed E-state index contributed by atoms with van der Waals surface area (Å²) in [6, 6.07) is 5.24. The summed E-state index contributed by atoms with van der Waals surface area (Å²) >= 11 is 11.9. The van der Waals surface area contributed by atoms with Crippen molar-refractivity contribution in [3.8, 4) is 0 Å². The first-order valence-electron chi connectivity index (χ1n) is 5.71. The molecule has 2 rings (SSSR count). The van der Waals surface area contributed by atoms with E-state index < -0.39 is 0 Å². The van der Waals surface area contributed by atoms with Gasteiger partial charge in [-0.15, -0.1) is 0 Å². The zero-order chi connectivity index (χ0) is 12.3. The van der Waals surface area contributed by atoms with E-state index >= 15 is 0 Å². The summed E-state index contributed by atoms with van der Waals surface area (Å²) in [5.41, 5.74) is 0.839. The molecule has 1 atom stereocenters. The molecule has 0 aliphatic carbocycles. The summed E-state index contributed by atoms with van der Waals surface area (Å²) in [7, 11) is 0. The minimum Gasteiger partial charge on any atom is -0.381 e. The Balaban J connectivity index is 2.02.